The molecule has 0 aromatic heterocycles. The van der Waals surface area contributed by atoms with Crippen LogP contribution in [0.15, 0.2) is 48.5 Å². The zero-order chi connectivity index (χ0) is 23.9. The van der Waals surface area contributed by atoms with Crippen molar-refractivity contribution in [3.8, 4) is 0 Å². The van der Waals surface area contributed by atoms with Crippen LogP contribution in [0.1, 0.15) is 49.2 Å². The van der Waals surface area contributed by atoms with Gasteiger partial charge in [-0.05, 0) is 44.3 Å². The third-order valence-corrected chi connectivity index (χ3v) is 8.60. The Labute approximate surface area is 197 Å². The van der Waals surface area contributed by atoms with Crippen molar-refractivity contribution in [2.75, 3.05) is 24.6 Å². The molecule has 6 nitrogen and oxygen atoms in total. The Bertz CT molecular complexity index is 1080. The maximum atomic E-state index is 12.8. The highest BCUT2D eigenvalue weighted by Gasteiger charge is 2.51. The van der Waals surface area contributed by atoms with E-state index in [1.165, 1.54) is 0 Å². The molecule has 0 radical (unpaired) electrons. The molecule has 2 heterocycles. The molecule has 2 fully saturated rings. The minimum Gasteiger partial charge on any atom is -0.399 e. The number of rotatable bonds is 6. The Morgan fingerprint density at radius 2 is 1.39 bits per heavy atom. The van der Waals surface area contributed by atoms with Crippen LogP contribution in [0.3, 0.4) is 0 Å². The van der Waals surface area contributed by atoms with Gasteiger partial charge in [0.05, 0.1) is 22.7 Å². The normalized spacial score (nSPS) is 21.8. The standard InChI is InChI=1S/C25H32BNO5S/c1-24(2)25(3,4)32-26(31-24)22-11-7-19(8-12-22)17-23(28)21-9-5-20(6-10-21)18-27-13-15-33(29,30)16-14-27/h5-12H,13-18H2,1-4H3. The molecule has 2 aromatic carbocycles. The van der Waals surface area contributed by atoms with Crippen LogP contribution in [0.25, 0.3) is 0 Å². The molecule has 0 aliphatic carbocycles. The number of ketones is 1. The number of carbonyl (C=O) groups excluding carboxylic acids is 1. The van der Waals surface area contributed by atoms with Crippen molar-refractivity contribution in [1.29, 1.82) is 0 Å². The Hall–Kier alpha value is -2.00. The minimum absolute atomic E-state index is 0.0639. The number of sulfone groups is 1. The largest absolute Gasteiger partial charge is 0.494 e. The number of nitrogens with zero attached hydrogens (tertiary/aromatic N) is 1. The summed E-state index contributed by atoms with van der Waals surface area (Å²) in [5.41, 5.74) is 2.88. The van der Waals surface area contributed by atoms with Gasteiger partial charge in [-0.1, -0.05) is 48.5 Å². The molecule has 2 aromatic rings. The second kappa shape index (κ2) is 8.98. The Kier molecular flexibility index (Phi) is 6.57. The number of benzene rings is 2. The summed E-state index contributed by atoms with van der Waals surface area (Å²) in [6.07, 6.45) is 0.326. The summed E-state index contributed by atoms with van der Waals surface area (Å²) in [5.74, 6) is 0.502. The molecule has 8 heteroatoms. The van der Waals surface area contributed by atoms with Crippen molar-refractivity contribution < 1.29 is 22.5 Å². The molecular formula is C25H32BNO5S. The molecule has 0 spiro atoms. The van der Waals surface area contributed by atoms with Gasteiger partial charge in [-0.25, -0.2) is 8.42 Å². The Morgan fingerprint density at radius 3 is 1.94 bits per heavy atom. The maximum absolute atomic E-state index is 12.8. The Balaban J connectivity index is 1.33. The lowest BCUT2D eigenvalue weighted by Crippen LogP contribution is -2.41. The first-order valence-corrected chi connectivity index (χ1v) is 13.3. The van der Waals surface area contributed by atoms with Crippen molar-refractivity contribution in [2.24, 2.45) is 0 Å². The van der Waals surface area contributed by atoms with Crippen LogP contribution in [0.5, 0.6) is 0 Å². The first kappa shape index (κ1) is 24.1. The van der Waals surface area contributed by atoms with Crippen LogP contribution in [0, 0.1) is 0 Å². The number of carbonyl (C=O) groups is 1. The summed E-state index contributed by atoms with van der Waals surface area (Å²) in [6, 6.07) is 15.5. The average molecular weight is 469 g/mol. The first-order chi connectivity index (χ1) is 15.4. The van der Waals surface area contributed by atoms with Gasteiger partial charge < -0.3 is 9.31 Å². The molecule has 2 saturated heterocycles. The van der Waals surface area contributed by atoms with Crippen LogP contribution >= 0.6 is 0 Å². The molecule has 2 aliphatic heterocycles. The van der Waals surface area contributed by atoms with Crippen molar-refractivity contribution in [3.63, 3.8) is 0 Å². The highest BCUT2D eigenvalue weighted by Crippen LogP contribution is 2.36. The van der Waals surface area contributed by atoms with Crippen LogP contribution in [0.2, 0.25) is 0 Å². The second-order valence-electron chi connectivity index (χ2n) is 10.1. The fourth-order valence-corrected chi connectivity index (χ4v) is 5.30. The molecule has 4 rings (SSSR count). The van der Waals surface area contributed by atoms with Gasteiger partial charge in [0, 0.05) is 31.6 Å². The van der Waals surface area contributed by atoms with E-state index in [1.54, 1.807) is 0 Å². The summed E-state index contributed by atoms with van der Waals surface area (Å²) < 4.78 is 35.3. The summed E-state index contributed by atoms with van der Waals surface area (Å²) in [4.78, 5) is 14.9. The highest BCUT2D eigenvalue weighted by atomic mass is 32.2. The van der Waals surface area contributed by atoms with Gasteiger partial charge in [0.15, 0.2) is 15.6 Å². The van der Waals surface area contributed by atoms with E-state index in [2.05, 4.69) is 4.90 Å². The average Bonchev–Trinajstić information content (AvgIpc) is 2.97. The number of hydrogen-bond donors (Lipinski definition) is 0. The Morgan fingerprint density at radius 1 is 0.879 bits per heavy atom. The van der Waals surface area contributed by atoms with Crippen molar-refractivity contribution >= 4 is 28.2 Å². The van der Waals surface area contributed by atoms with E-state index in [1.807, 2.05) is 76.2 Å². The van der Waals surface area contributed by atoms with Gasteiger partial charge in [-0.3, -0.25) is 9.69 Å². The molecule has 176 valence electrons. The lowest BCUT2D eigenvalue weighted by atomic mass is 9.78. The topological polar surface area (TPSA) is 72.9 Å². The second-order valence-corrected chi connectivity index (χ2v) is 12.4. The molecule has 0 bridgehead atoms. The zero-order valence-corrected chi connectivity index (χ0v) is 20.7. The summed E-state index contributed by atoms with van der Waals surface area (Å²) in [5, 5.41) is 0. The van der Waals surface area contributed by atoms with Gasteiger partial charge in [-0.15, -0.1) is 0 Å². The minimum atomic E-state index is -2.87. The molecule has 33 heavy (non-hydrogen) atoms. The fraction of sp³-hybridized carbons (Fsp3) is 0.480. The summed E-state index contributed by atoms with van der Waals surface area (Å²) in [7, 11) is -3.28. The van der Waals surface area contributed by atoms with E-state index in [0.717, 1.165) is 16.6 Å². The lowest BCUT2D eigenvalue weighted by Gasteiger charge is -2.32. The third-order valence-electron chi connectivity index (χ3n) is 6.99. The van der Waals surface area contributed by atoms with E-state index in [-0.39, 0.29) is 28.5 Å². The first-order valence-electron chi connectivity index (χ1n) is 11.4. The van der Waals surface area contributed by atoms with Gasteiger partial charge in [0.1, 0.15) is 0 Å². The molecule has 0 unspecified atom stereocenters. The molecule has 0 saturated carbocycles. The van der Waals surface area contributed by atoms with E-state index in [9.17, 15) is 13.2 Å². The molecule has 0 atom stereocenters. The van der Waals surface area contributed by atoms with E-state index in [0.29, 0.717) is 31.6 Å². The predicted molar refractivity (Wildman–Crippen MR) is 131 cm³/mol. The summed E-state index contributed by atoms with van der Waals surface area (Å²) in [6.45, 7) is 9.94. The quantitative estimate of drug-likeness (QED) is 0.479. The van der Waals surface area contributed by atoms with Crippen molar-refractivity contribution in [1.82, 2.24) is 4.90 Å². The van der Waals surface area contributed by atoms with Gasteiger partial charge in [0.2, 0.25) is 0 Å². The monoisotopic (exact) mass is 469 g/mol. The zero-order valence-electron chi connectivity index (χ0n) is 19.8. The molecular weight excluding hydrogens is 437 g/mol. The van der Waals surface area contributed by atoms with Crippen LogP contribution in [-0.4, -0.2) is 62.0 Å². The van der Waals surface area contributed by atoms with E-state index in [4.69, 9.17) is 9.31 Å². The van der Waals surface area contributed by atoms with E-state index < -0.39 is 17.0 Å². The SMILES string of the molecule is CC1(C)OB(c2ccc(CC(=O)c3ccc(CN4CCS(=O)(=O)CC4)cc3)cc2)OC1(C)C. The van der Waals surface area contributed by atoms with Crippen molar-refractivity contribution in [3.05, 3.63) is 65.2 Å². The van der Waals surface area contributed by atoms with Gasteiger partial charge in [0.25, 0.3) is 0 Å². The molecule has 0 N–H and O–H groups in total. The maximum Gasteiger partial charge on any atom is 0.494 e. The predicted octanol–water partition coefficient (Wildman–Crippen LogP) is 2.64. The number of hydrogen-bond acceptors (Lipinski definition) is 6. The highest BCUT2D eigenvalue weighted by molar-refractivity contribution is 7.91. The fourth-order valence-electron chi connectivity index (χ4n) is 4.02. The number of Topliss-reactive ketones (excluding diaryl/α,β-unsaturated/α-hetero) is 1. The molecule has 2 aliphatic rings. The van der Waals surface area contributed by atoms with Crippen LogP contribution in [0.4, 0.5) is 0 Å². The smallest absolute Gasteiger partial charge is 0.399 e. The van der Waals surface area contributed by atoms with Crippen LogP contribution < -0.4 is 5.46 Å². The van der Waals surface area contributed by atoms with E-state index >= 15 is 0 Å². The van der Waals surface area contributed by atoms with Crippen molar-refractivity contribution in [2.45, 2.75) is 51.9 Å². The van der Waals surface area contributed by atoms with Gasteiger partial charge >= 0.3 is 7.12 Å². The third kappa shape index (κ3) is 5.57. The lowest BCUT2D eigenvalue weighted by molar-refractivity contribution is 0.00578. The molecule has 0 amide bonds. The van der Waals surface area contributed by atoms with Gasteiger partial charge in [-0.2, -0.15) is 0 Å². The van der Waals surface area contributed by atoms with Crippen LogP contribution in [-0.2, 0) is 32.1 Å². The summed E-state index contributed by atoms with van der Waals surface area (Å²) >= 11 is 0.